The van der Waals surface area contributed by atoms with Crippen LogP contribution >= 0.6 is 0 Å². The highest BCUT2D eigenvalue weighted by Gasteiger charge is 2.30. The number of carboxylic acid groups (broad SMARTS) is 1. The second-order valence-corrected chi connectivity index (χ2v) is 5.68. The molecule has 0 aromatic heterocycles. The van der Waals surface area contributed by atoms with E-state index in [1.807, 2.05) is 0 Å². The first-order valence-corrected chi connectivity index (χ1v) is 6.80. The average Bonchev–Trinajstić information content (AvgIpc) is 2.50. The highest BCUT2D eigenvalue weighted by Crippen LogP contribution is 2.22. The maximum absolute atomic E-state index is 11.8. The quantitative estimate of drug-likeness (QED) is 0.838. The molecule has 1 aliphatic heterocycles. The molecule has 0 amide bonds. The molecule has 7 heteroatoms. The minimum Gasteiger partial charge on any atom is -0.481 e. The van der Waals surface area contributed by atoms with Gasteiger partial charge in [-0.05, 0) is 19.1 Å². The molecule has 1 atom stereocenters. The third-order valence-corrected chi connectivity index (χ3v) is 3.88. The van der Waals surface area contributed by atoms with Crippen LogP contribution in [0.4, 0.5) is 0 Å². The molecule has 18 heavy (non-hydrogen) atoms. The standard InChI is InChI=1S/C11H12N2O4S/c1-7(6-10(14)15)12-11-8-4-2-3-5-9(8)18(16,17)13-11/h2-5,7H,6H2,1H3,(H,12,13)(H,14,15). The van der Waals surface area contributed by atoms with E-state index in [0.717, 1.165) is 0 Å². The Kier molecular flexibility index (Phi) is 3.08. The van der Waals surface area contributed by atoms with Gasteiger partial charge in [-0.2, -0.15) is 0 Å². The SMILES string of the molecule is CC(CC(=O)O)N=C1NS(=O)(=O)c2ccccc21. The summed E-state index contributed by atoms with van der Waals surface area (Å²) in [7, 11) is -3.56. The number of amidine groups is 1. The van der Waals surface area contributed by atoms with E-state index in [4.69, 9.17) is 5.11 Å². The fraction of sp³-hybridized carbons (Fsp3) is 0.273. The summed E-state index contributed by atoms with van der Waals surface area (Å²) in [6.07, 6.45) is -0.145. The molecule has 0 aliphatic carbocycles. The second kappa shape index (κ2) is 4.41. The van der Waals surface area contributed by atoms with Gasteiger partial charge in [0.1, 0.15) is 5.84 Å². The highest BCUT2D eigenvalue weighted by molar-refractivity contribution is 7.90. The molecule has 96 valence electrons. The molecule has 1 aromatic carbocycles. The van der Waals surface area contributed by atoms with Crippen LogP contribution in [0.15, 0.2) is 34.2 Å². The van der Waals surface area contributed by atoms with E-state index in [1.165, 1.54) is 6.07 Å². The smallest absolute Gasteiger partial charge is 0.305 e. The van der Waals surface area contributed by atoms with Gasteiger partial charge in [0.15, 0.2) is 0 Å². The van der Waals surface area contributed by atoms with Crippen molar-refractivity contribution in [2.45, 2.75) is 24.3 Å². The number of carboxylic acids is 1. The van der Waals surface area contributed by atoms with Crippen molar-refractivity contribution in [1.29, 1.82) is 0 Å². The molecule has 0 saturated carbocycles. The van der Waals surface area contributed by atoms with Crippen LogP contribution in [0.25, 0.3) is 0 Å². The Morgan fingerprint density at radius 1 is 1.44 bits per heavy atom. The number of sulfonamides is 1. The Bertz CT molecular complexity index is 622. The topological polar surface area (TPSA) is 95.8 Å². The maximum atomic E-state index is 11.8. The number of benzene rings is 1. The van der Waals surface area contributed by atoms with Gasteiger partial charge in [-0.1, -0.05) is 12.1 Å². The van der Waals surface area contributed by atoms with Crippen LogP contribution in [-0.4, -0.2) is 31.4 Å². The molecular formula is C11H12N2O4S. The molecule has 1 heterocycles. The normalized spacial score (nSPS) is 20.2. The first-order valence-electron chi connectivity index (χ1n) is 5.32. The monoisotopic (exact) mass is 268 g/mol. The third-order valence-electron chi connectivity index (χ3n) is 2.48. The van der Waals surface area contributed by atoms with Crippen LogP contribution in [0.2, 0.25) is 0 Å². The largest absolute Gasteiger partial charge is 0.481 e. The number of aliphatic carboxylic acids is 1. The number of rotatable bonds is 3. The lowest BCUT2D eigenvalue weighted by atomic mass is 10.2. The molecule has 0 saturated heterocycles. The van der Waals surface area contributed by atoms with Gasteiger partial charge in [0.2, 0.25) is 0 Å². The van der Waals surface area contributed by atoms with Gasteiger partial charge in [0, 0.05) is 5.56 Å². The predicted molar refractivity (Wildman–Crippen MR) is 65.0 cm³/mol. The summed E-state index contributed by atoms with van der Waals surface area (Å²) in [5, 5.41) is 8.65. The Morgan fingerprint density at radius 3 is 2.78 bits per heavy atom. The Balaban J connectivity index is 2.39. The Hall–Kier alpha value is -1.89. The van der Waals surface area contributed by atoms with E-state index in [2.05, 4.69) is 9.71 Å². The molecule has 0 bridgehead atoms. The third kappa shape index (κ3) is 2.35. The number of hydrogen-bond acceptors (Lipinski definition) is 4. The molecule has 2 N–H and O–H groups in total. The molecular weight excluding hydrogens is 256 g/mol. The van der Waals surface area contributed by atoms with Crippen molar-refractivity contribution in [1.82, 2.24) is 4.72 Å². The van der Waals surface area contributed by atoms with E-state index >= 15 is 0 Å². The summed E-state index contributed by atoms with van der Waals surface area (Å²) >= 11 is 0. The van der Waals surface area contributed by atoms with Crippen LogP contribution in [0, 0.1) is 0 Å². The highest BCUT2D eigenvalue weighted by atomic mass is 32.2. The van der Waals surface area contributed by atoms with Gasteiger partial charge in [-0.25, -0.2) is 8.42 Å². The van der Waals surface area contributed by atoms with Crippen LogP contribution < -0.4 is 4.72 Å². The van der Waals surface area contributed by atoms with E-state index in [1.54, 1.807) is 25.1 Å². The first-order chi connectivity index (χ1) is 8.40. The van der Waals surface area contributed by atoms with Gasteiger partial charge in [-0.15, -0.1) is 0 Å². The molecule has 1 aliphatic rings. The zero-order chi connectivity index (χ0) is 13.3. The van der Waals surface area contributed by atoms with Crippen molar-refractivity contribution in [2.75, 3.05) is 0 Å². The van der Waals surface area contributed by atoms with Gasteiger partial charge in [-0.3, -0.25) is 14.5 Å². The maximum Gasteiger partial charge on any atom is 0.305 e. The van der Waals surface area contributed by atoms with Gasteiger partial charge < -0.3 is 5.11 Å². The van der Waals surface area contributed by atoms with Crippen LogP contribution in [0.1, 0.15) is 18.9 Å². The van der Waals surface area contributed by atoms with E-state index in [9.17, 15) is 13.2 Å². The molecule has 2 rings (SSSR count). The molecule has 1 aromatic rings. The number of carbonyl (C=O) groups is 1. The van der Waals surface area contributed by atoms with Gasteiger partial charge in [0.25, 0.3) is 10.0 Å². The summed E-state index contributed by atoms with van der Waals surface area (Å²) in [5.74, 6) is -0.764. The Labute approximate surface area is 104 Å². The summed E-state index contributed by atoms with van der Waals surface area (Å²) in [5.41, 5.74) is 0.481. The van der Waals surface area contributed by atoms with Crippen LogP contribution in [0.5, 0.6) is 0 Å². The van der Waals surface area contributed by atoms with Crippen molar-refractivity contribution >= 4 is 21.8 Å². The number of hydrogen-bond donors (Lipinski definition) is 2. The molecule has 0 radical (unpaired) electrons. The van der Waals surface area contributed by atoms with Crippen molar-refractivity contribution in [2.24, 2.45) is 4.99 Å². The van der Waals surface area contributed by atoms with E-state index in [0.29, 0.717) is 5.56 Å². The van der Waals surface area contributed by atoms with Crippen molar-refractivity contribution in [3.8, 4) is 0 Å². The van der Waals surface area contributed by atoms with Gasteiger partial charge in [0.05, 0.1) is 17.4 Å². The summed E-state index contributed by atoms with van der Waals surface area (Å²) in [6, 6.07) is 5.97. The molecule has 0 fully saturated rings. The van der Waals surface area contributed by atoms with E-state index in [-0.39, 0.29) is 17.2 Å². The molecule has 0 spiro atoms. The van der Waals surface area contributed by atoms with E-state index < -0.39 is 22.0 Å². The number of fused-ring (bicyclic) bond motifs is 1. The fourth-order valence-electron chi connectivity index (χ4n) is 1.75. The van der Waals surface area contributed by atoms with Crippen LogP contribution in [-0.2, 0) is 14.8 Å². The lowest BCUT2D eigenvalue weighted by Crippen LogP contribution is -2.24. The Morgan fingerprint density at radius 2 is 2.11 bits per heavy atom. The number of nitrogens with zero attached hydrogens (tertiary/aromatic N) is 1. The van der Waals surface area contributed by atoms with Crippen LogP contribution in [0.3, 0.4) is 0 Å². The van der Waals surface area contributed by atoms with Crippen molar-refractivity contribution < 1.29 is 18.3 Å². The lowest BCUT2D eigenvalue weighted by molar-refractivity contribution is -0.137. The number of aliphatic imine (C=N–C) groups is 1. The average molecular weight is 268 g/mol. The summed E-state index contributed by atoms with van der Waals surface area (Å²) in [6.45, 7) is 1.62. The zero-order valence-corrected chi connectivity index (χ0v) is 10.4. The van der Waals surface area contributed by atoms with Gasteiger partial charge >= 0.3 is 5.97 Å². The summed E-state index contributed by atoms with van der Waals surface area (Å²) in [4.78, 5) is 14.8. The lowest BCUT2D eigenvalue weighted by Gasteiger charge is -2.04. The minimum atomic E-state index is -3.56. The molecule has 1 unspecified atom stereocenters. The number of nitrogens with one attached hydrogen (secondary N) is 1. The predicted octanol–water partition coefficient (Wildman–Crippen LogP) is 0.588. The second-order valence-electron chi connectivity index (χ2n) is 4.03. The molecule has 6 nitrogen and oxygen atoms in total. The first kappa shape index (κ1) is 12.6. The minimum absolute atomic E-state index is 0.145. The van der Waals surface area contributed by atoms with Crippen molar-refractivity contribution in [3.05, 3.63) is 29.8 Å². The fourth-order valence-corrected chi connectivity index (χ4v) is 2.99. The zero-order valence-electron chi connectivity index (χ0n) is 9.62. The van der Waals surface area contributed by atoms with Crippen molar-refractivity contribution in [3.63, 3.8) is 0 Å². The summed E-state index contributed by atoms with van der Waals surface area (Å²) < 4.78 is 25.8.